The monoisotopic (exact) mass is 236 g/mol. The Morgan fingerprint density at radius 1 is 1.19 bits per heavy atom. The summed E-state index contributed by atoms with van der Waals surface area (Å²) in [6.45, 7) is 2.74. The molecule has 1 rings (SSSR count). The third-order valence-corrected chi connectivity index (χ3v) is 2.58. The minimum Gasteiger partial charge on any atom is -0.394 e. The molecule has 1 heterocycles. The Kier molecular flexibility index (Phi) is 4.66. The number of aliphatic hydroxyl groups excluding tert-OH is 3. The van der Waals surface area contributed by atoms with E-state index in [1.165, 1.54) is 7.11 Å². The average molecular weight is 236 g/mol. The van der Waals surface area contributed by atoms with Gasteiger partial charge in [0.2, 0.25) is 0 Å². The molecule has 4 unspecified atom stereocenters. The molecule has 0 amide bonds. The van der Waals surface area contributed by atoms with Crippen LogP contribution >= 0.6 is 0 Å². The van der Waals surface area contributed by atoms with Crippen molar-refractivity contribution in [3.8, 4) is 0 Å². The highest BCUT2D eigenvalue weighted by molar-refractivity contribution is 4.90. The third-order valence-electron chi connectivity index (χ3n) is 2.58. The molecular formula is C10H20O6. The SMILES string of the molecule is COC(CO)C1OC(C)(C)OC1C(O)CO. The Morgan fingerprint density at radius 3 is 2.19 bits per heavy atom. The number of aliphatic hydroxyl groups is 3. The Balaban J connectivity index is 2.78. The zero-order valence-corrected chi connectivity index (χ0v) is 9.79. The fourth-order valence-electron chi connectivity index (χ4n) is 1.82. The number of methoxy groups -OCH3 is 1. The molecule has 0 bridgehead atoms. The molecule has 0 saturated carbocycles. The van der Waals surface area contributed by atoms with E-state index in [9.17, 15) is 5.11 Å². The Bertz CT molecular complexity index is 215. The van der Waals surface area contributed by atoms with E-state index in [1.54, 1.807) is 13.8 Å². The highest BCUT2D eigenvalue weighted by Crippen LogP contribution is 2.32. The van der Waals surface area contributed by atoms with Gasteiger partial charge in [0.1, 0.15) is 24.4 Å². The first-order chi connectivity index (χ1) is 7.45. The predicted octanol–water partition coefficient (Wildman–Crippen LogP) is -1.13. The Morgan fingerprint density at radius 2 is 1.75 bits per heavy atom. The van der Waals surface area contributed by atoms with E-state index >= 15 is 0 Å². The van der Waals surface area contributed by atoms with Crippen molar-refractivity contribution in [2.24, 2.45) is 0 Å². The second kappa shape index (κ2) is 5.39. The number of rotatable bonds is 5. The van der Waals surface area contributed by atoms with Gasteiger partial charge in [-0.2, -0.15) is 0 Å². The molecule has 0 aromatic heterocycles. The molecule has 0 aromatic rings. The first-order valence-corrected chi connectivity index (χ1v) is 5.23. The molecule has 16 heavy (non-hydrogen) atoms. The summed E-state index contributed by atoms with van der Waals surface area (Å²) in [5.41, 5.74) is 0. The van der Waals surface area contributed by atoms with Gasteiger partial charge < -0.3 is 29.5 Å². The van der Waals surface area contributed by atoms with Crippen molar-refractivity contribution in [3.63, 3.8) is 0 Å². The molecule has 3 N–H and O–H groups in total. The fourth-order valence-corrected chi connectivity index (χ4v) is 1.82. The molecule has 6 heteroatoms. The lowest BCUT2D eigenvalue weighted by Crippen LogP contribution is -2.45. The summed E-state index contributed by atoms with van der Waals surface area (Å²) in [6, 6.07) is 0. The molecule has 4 atom stereocenters. The van der Waals surface area contributed by atoms with Crippen LogP contribution in [0.4, 0.5) is 0 Å². The number of ether oxygens (including phenoxy) is 3. The summed E-state index contributed by atoms with van der Waals surface area (Å²) in [5.74, 6) is -0.864. The summed E-state index contributed by atoms with van der Waals surface area (Å²) < 4.78 is 16.1. The zero-order valence-electron chi connectivity index (χ0n) is 9.79. The van der Waals surface area contributed by atoms with Crippen molar-refractivity contribution in [2.75, 3.05) is 20.3 Å². The van der Waals surface area contributed by atoms with Gasteiger partial charge in [0.25, 0.3) is 0 Å². The lowest BCUT2D eigenvalue weighted by atomic mass is 10.0. The van der Waals surface area contributed by atoms with E-state index in [2.05, 4.69) is 0 Å². The lowest BCUT2D eigenvalue weighted by Gasteiger charge is -2.25. The summed E-state index contributed by atoms with van der Waals surface area (Å²) >= 11 is 0. The van der Waals surface area contributed by atoms with Crippen LogP contribution in [0.5, 0.6) is 0 Å². The third kappa shape index (κ3) is 2.91. The molecule has 1 aliphatic rings. The molecule has 0 spiro atoms. The fraction of sp³-hybridized carbons (Fsp3) is 1.00. The van der Waals surface area contributed by atoms with Crippen LogP contribution in [0.3, 0.4) is 0 Å². The van der Waals surface area contributed by atoms with Crippen LogP contribution < -0.4 is 0 Å². The van der Waals surface area contributed by atoms with Gasteiger partial charge in [-0.1, -0.05) is 0 Å². The van der Waals surface area contributed by atoms with Crippen molar-refractivity contribution in [2.45, 2.75) is 44.1 Å². The molecule has 6 nitrogen and oxygen atoms in total. The molecule has 96 valence electrons. The van der Waals surface area contributed by atoms with E-state index in [4.69, 9.17) is 24.4 Å². The predicted molar refractivity (Wildman–Crippen MR) is 54.8 cm³/mol. The maximum absolute atomic E-state index is 9.61. The van der Waals surface area contributed by atoms with Crippen molar-refractivity contribution in [1.82, 2.24) is 0 Å². The highest BCUT2D eigenvalue weighted by Gasteiger charge is 2.48. The first kappa shape index (κ1) is 13.8. The first-order valence-electron chi connectivity index (χ1n) is 5.23. The van der Waals surface area contributed by atoms with E-state index in [0.717, 1.165) is 0 Å². The average Bonchev–Trinajstić information content (AvgIpc) is 2.55. The van der Waals surface area contributed by atoms with Crippen LogP contribution in [0.1, 0.15) is 13.8 Å². The zero-order chi connectivity index (χ0) is 12.3. The Hall–Kier alpha value is -0.240. The maximum Gasteiger partial charge on any atom is 0.164 e. The van der Waals surface area contributed by atoms with Crippen molar-refractivity contribution in [1.29, 1.82) is 0 Å². The van der Waals surface area contributed by atoms with Crippen LogP contribution in [0.2, 0.25) is 0 Å². The van der Waals surface area contributed by atoms with Gasteiger partial charge >= 0.3 is 0 Å². The normalized spacial score (nSPS) is 32.6. The Labute approximate surface area is 94.7 Å². The number of hydrogen-bond acceptors (Lipinski definition) is 6. The smallest absolute Gasteiger partial charge is 0.164 e. The van der Waals surface area contributed by atoms with E-state index in [1.807, 2.05) is 0 Å². The lowest BCUT2D eigenvalue weighted by molar-refractivity contribution is -0.164. The van der Waals surface area contributed by atoms with Crippen LogP contribution in [-0.2, 0) is 14.2 Å². The number of hydrogen-bond donors (Lipinski definition) is 3. The topological polar surface area (TPSA) is 88.4 Å². The maximum atomic E-state index is 9.61. The molecular weight excluding hydrogens is 216 g/mol. The van der Waals surface area contributed by atoms with Crippen molar-refractivity contribution < 1.29 is 29.5 Å². The molecule has 1 saturated heterocycles. The second-order valence-electron chi connectivity index (χ2n) is 4.27. The van der Waals surface area contributed by atoms with Gasteiger partial charge in [-0.3, -0.25) is 0 Å². The molecule has 0 aromatic carbocycles. The van der Waals surface area contributed by atoms with Gasteiger partial charge in [-0.25, -0.2) is 0 Å². The van der Waals surface area contributed by atoms with Crippen LogP contribution in [0, 0.1) is 0 Å². The van der Waals surface area contributed by atoms with Gasteiger partial charge in [0.15, 0.2) is 5.79 Å². The largest absolute Gasteiger partial charge is 0.394 e. The molecule has 0 radical (unpaired) electrons. The second-order valence-corrected chi connectivity index (χ2v) is 4.27. The summed E-state index contributed by atoms with van der Waals surface area (Å²) in [7, 11) is 1.44. The van der Waals surface area contributed by atoms with E-state index in [-0.39, 0.29) is 6.61 Å². The van der Waals surface area contributed by atoms with Crippen molar-refractivity contribution in [3.05, 3.63) is 0 Å². The van der Waals surface area contributed by atoms with Gasteiger partial charge in [0.05, 0.1) is 13.2 Å². The van der Waals surface area contributed by atoms with E-state index in [0.29, 0.717) is 0 Å². The van der Waals surface area contributed by atoms with Crippen LogP contribution in [0.25, 0.3) is 0 Å². The van der Waals surface area contributed by atoms with Crippen molar-refractivity contribution >= 4 is 0 Å². The standard InChI is InChI=1S/C10H20O6/c1-10(2)15-8(6(13)4-11)9(16-10)7(5-12)14-3/h6-9,11-13H,4-5H2,1-3H3. The summed E-state index contributed by atoms with van der Waals surface area (Å²) in [6.07, 6.45) is -2.96. The van der Waals surface area contributed by atoms with E-state index < -0.39 is 36.8 Å². The molecule has 0 aliphatic carbocycles. The van der Waals surface area contributed by atoms with Gasteiger partial charge in [-0.05, 0) is 13.8 Å². The quantitative estimate of drug-likeness (QED) is 0.559. The molecule has 1 aliphatic heterocycles. The minimum atomic E-state index is -1.06. The highest BCUT2D eigenvalue weighted by atomic mass is 16.8. The van der Waals surface area contributed by atoms with Gasteiger partial charge in [0, 0.05) is 7.11 Å². The molecule has 1 fully saturated rings. The summed E-state index contributed by atoms with van der Waals surface area (Å²) in [4.78, 5) is 0. The summed E-state index contributed by atoms with van der Waals surface area (Å²) in [5, 5.41) is 27.7. The van der Waals surface area contributed by atoms with Gasteiger partial charge in [-0.15, -0.1) is 0 Å². The van der Waals surface area contributed by atoms with Crippen LogP contribution in [-0.4, -0.2) is 65.8 Å². The van der Waals surface area contributed by atoms with Crippen LogP contribution in [0.15, 0.2) is 0 Å². The minimum absolute atomic E-state index is 0.241.